The molecule has 0 aliphatic heterocycles. The number of aromatic nitrogens is 1. The van der Waals surface area contributed by atoms with Crippen molar-refractivity contribution < 1.29 is 0 Å². The van der Waals surface area contributed by atoms with E-state index in [0.29, 0.717) is 6.04 Å². The van der Waals surface area contributed by atoms with Crippen LogP contribution in [0.5, 0.6) is 0 Å². The predicted octanol–water partition coefficient (Wildman–Crippen LogP) is 3.75. The largest absolute Gasteiger partial charge is 0.350 e. The van der Waals surface area contributed by atoms with E-state index in [4.69, 9.17) is 0 Å². The molecule has 1 heterocycles. The molecule has 0 unspecified atom stereocenters. The van der Waals surface area contributed by atoms with Gasteiger partial charge in [-0.1, -0.05) is 37.3 Å². The van der Waals surface area contributed by atoms with Crippen molar-refractivity contribution in [1.29, 1.82) is 0 Å². The van der Waals surface area contributed by atoms with Crippen molar-refractivity contribution in [1.82, 2.24) is 9.88 Å². The van der Waals surface area contributed by atoms with E-state index in [0.717, 1.165) is 13.1 Å². The molecule has 1 N–H and O–H groups in total. The van der Waals surface area contributed by atoms with Crippen LogP contribution in [0.3, 0.4) is 0 Å². The fourth-order valence-corrected chi connectivity index (χ4v) is 2.19. The van der Waals surface area contributed by atoms with Crippen molar-refractivity contribution in [3.63, 3.8) is 0 Å². The van der Waals surface area contributed by atoms with Crippen LogP contribution in [-0.2, 0) is 13.1 Å². The number of hydrogen-bond acceptors (Lipinski definition) is 1. The third-order valence-electron chi connectivity index (χ3n) is 3.28. The zero-order valence-electron chi connectivity index (χ0n) is 11.3. The Morgan fingerprint density at radius 1 is 1.11 bits per heavy atom. The third kappa shape index (κ3) is 3.23. The molecular formula is C16H22N2. The summed E-state index contributed by atoms with van der Waals surface area (Å²) in [7, 11) is 0. The van der Waals surface area contributed by atoms with E-state index in [-0.39, 0.29) is 0 Å². The lowest BCUT2D eigenvalue weighted by Crippen LogP contribution is -2.20. The van der Waals surface area contributed by atoms with E-state index in [9.17, 15) is 0 Å². The van der Waals surface area contributed by atoms with Gasteiger partial charge >= 0.3 is 0 Å². The van der Waals surface area contributed by atoms with Crippen LogP contribution in [-0.4, -0.2) is 4.57 Å². The van der Waals surface area contributed by atoms with E-state index in [2.05, 4.69) is 72.4 Å². The van der Waals surface area contributed by atoms with Crippen LogP contribution in [0.1, 0.15) is 37.6 Å². The van der Waals surface area contributed by atoms with Crippen molar-refractivity contribution >= 4 is 0 Å². The zero-order chi connectivity index (χ0) is 12.8. The number of aryl methyl sites for hydroxylation is 1. The molecule has 0 saturated heterocycles. The monoisotopic (exact) mass is 242 g/mol. The predicted molar refractivity (Wildman–Crippen MR) is 76.4 cm³/mol. The van der Waals surface area contributed by atoms with Crippen molar-refractivity contribution in [2.24, 2.45) is 0 Å². The molecule has 96 valence electrons. The van der Waals surface area contributed by atoms with Crippen LogP contribution in [0, 0.1) is 0 Å². The van der Waals surface area contributed by atoms with Gasteiger partial charge in [0.05, 0.1) is 0 Å². The summed E-state index contributed by atoms with van der Waals surface area (Å²) in [5.41, 5.74) is 2.70. The highest BCUT2D eigenvalue weighted by atomic mass is 15.0. The first-order chi connectivity index (χ1) is 8.81. The van der Waals surface area contributed by atoms with Crippen LogP contribution in [0.25, 0.3) is 0 Å². The number of benzene rings is 1. The Kier molecular flexibility index (Phi) is 4.59. The smallest absolute Gasteiger partial charge is 0.0364 e. The van der Waals surface area contributed by atoms with Gasteiger partial charge in [-0.05, 0) is 31.0 Å². The maximum absolute atomic E-state index is 3.58. The zero-order valence-corrected chi connectivity index (χ0v) is 11.3. The second-order valence-corrected chi connectivity index (χ2v) is 4.71. The standard InChI is InChI=1S/C16H22N2/c1-3-11-18-12-7-10-16(18)13-17-14(2)15-8-5-4-6-9-15/h4-10,12,14,17H,3,11,13H2,1-2H3/t14-/m1/s1. The molecule has 2 rings (SSSR count). The minimum absolute atomic E-state index is 0.385. The second-order valence-electron chi connectivity index (χ2n) is 4.71. The first-order valence-corrected chi connectivity index (χ1v) is 6.73. The maximum atomic E-state index is 3.58. The fourth-order valence-electron chi connectivity index (χ4n) is 2.19. The molecule has 0 aliphatic rings. The molecule has 18 heavy (non-hydrogen) atoms. The third-order valence-corrected chi connectivity index (χ3v) is 3.28. The summed E-state index contributed by atoms with van der Waals surface area (Å²) < 4.78 is 2.32. The lowest BCUT2D eigenvalue weighted by atomic mass is 10.1. The Morgan fingerprint density at radius 3 is 2.61 bits per heavy atom. The topological polar surface area (TPSA) is 17.0 Å². The summed E-state index contributed by atoms with van der Waals surface area (Å²) in [4.78, 5) is 0. The molecule has 0 saturated carbocycles. The van der Waals surface area contributed by atoms with Gasteiger partial charge in [0.15, 0.2) is 0 Å². The summed E-state index contributed by atoms with van der Waals surface area (Å²) >= 11 is 0. The lowest BCUT2D eigenvalue weighted by Gasteiger charge is -2.15. The SMILES string of the molecule is CCCn1cccc1CN[C@H](C)c1ccccc1. The van der Waals surface area contributed by atoms with Crippen LogP contribution >= 0.6 is 0 Å². The molecule has 1 aromatic heterocycles. The molecule has 0 aliphatic carbocycles. The first-order valence-electron chi connectivity index (χ1n) is 6.73. The van der Waals surface area contributed by atoms with Crippen molar-refractivity contribution in [3.05, 3.63) is 59.9 Å². The van der Waals surface area contributed by atoms with Gasteiger partial charge < -0.3 is 9.88 Å². The minimum atomic E-state index is 0.385. The molecule has 2 heteroatoms. The Balaban J connectivity index is 1.93. The molecule has 1 atom stereocenters. The molecule has 1 aromatic carbocycles. The Labute approximate surface area is 110 Å². The van der Waals surface area contributed by atoms with Crippen LogP contribution in [0.15, 0.2) is 48.7 Å². The molecule has 2 nitrogen and oxygen atoms in total. The Morgan fingerprint density at radius 2 is 1.89 bits per heavy atom. The average molecular weight is 242 g/mol. The first kappa shape index (κ1) is 12.9. The van der Waals surface area contributed by atoms with Gasteiger partial charge in [0.2, 0.25) is 0 Å². The van der Waals surface area contributed by atoms with Crippen LogP contribution in [0.2, 0.25) is 0 Å². The van der Waals surface area contributed by atoms with Crippen molar-refractivity contribution in [3.8, 4) is 0 Å². The van der Waals surface area contributed by atoms with E-state index in [1.54, 1.807) is 0 Å². The molecule has 0 fully saturated rings. The Hall–Kier alpha value is -1.54. The normalized spacial score (nSPS) is 12.6. The summed E-state index contributed by atoms with van der Waals surface area (Å²) in [6.45, 7) is 6.44. The molecule has 2 aromatic rings. The molecule has 0 amide bonds. The number of rotatable bonds is 6. The quantitative estimate of drug-likeness (QED) is 0.816. The highest BCUT2D eigenvalue weighted by Gasteiger charge is 2.05. The van der Waals surface area contributed by atoms with Gasteiger partial charge in [-0.25, -0.2) is 0 Å². The van der Waals surface area contributed by atoms with Gasteiger partial charge in [0.1, 0.15) is 0 Å². The van der Waals surface area contributed by atoms with Gasteiger partial charge in [-0.3, -0.25) is 0 Å². The number of nitrogens with zero attached hydrogens (tertiary/aromatic N) is 1. The van der Waals surface area contributed by atoms with Gasteiger partial charge in [-0.15, -0.1) is 0 Å². The summed E-state index contributed by atoms with van der Waals surface area (Å²) in [6.07, 6.45) is 3.34. The maximum Gasteiger partial charge on any atom is 0.0364 e. The van der Waals surface area contributed by atoms with Crippen LogP contribution < -0.4 is 5.32 Å². The summed E-state index contributed by atoms with van der Waals surface area (Å²) in [5, 5.41) is 3.58. The van der Waals surface area contributed by atoms with Gasteiger partial charge in [0.25, 0.3) is 0 Å². The summed E-state index contributed by atoms with van der Waals surface area (Å²) in [6, 6.07) is 15.3. The highest BCUT2D eigenvalue weighted by Crippen LogP contribution is 2.12. The summed E-state index contributed by atoms with van der Waals surface area (Å²) in [5.74, 6) is 0. The average Bonchev–Trinajstić information content (AvgIpc) is 2.85. The highest BCUT2D eigenvalue weighted by molar-refractivity contribution is 5.18. The van der Waals surface area contributed by atoms with E-state index >= 15 is 0 Å². The number of nitrogens with one attached hydrogen (secondary N) is 1. The van der Waals surface area contributed by atoms with E-state index < -0.39 is 0 Å². The van der Waals surface area contributed by atoms with E-state index in [1.165, 1.54) is 17.7 Å². The van der Waals surface area contributed by atoms with Gasteiger partial charge in [0, 0.05) is 31.0 Å². The molecule has 0 bridgehead atoms. The van der Waals surface area contributed by atoms with Crippen LogP contribution in [0.4, 0.5) is 0 Å². The van der Waals surface area contributed by atoms with Crippen molar-refractivity contribution in [2.75, 3.05) is 0 Å². The Bertz CT molecular complexity index is 459. The molecule has 0 radical (unpaired) electrons. The van der Waals surface area contributed by atoms with Crippen molar-refractivity contribution in [2.45, 2.75) is 39.4 Å². The fraction of sp³-hybridized carbons (Fsp3) is 0.375. The molecular weight excluding hydrogens is 220 g/mol. The lowest BCUT2D eigenvalue weighted by molar-refractivity contribution is 0.542. The minimum Gasteiger partial charge on any atom is -0.350 e. The molecule has 0 spiro atoms. The van der Waals surface area contributed by atoms with E-state index in [1.807, 2.05) is 0 Å². The van der Waals surface area contributed by atoms with Gasteiger partial charge in [-0.2, -0.15) is 0 Å². The number of hydrogen-bond donors (Lipinski definition) is 1. The second kappa shape index (κ2) is 6.41.